The van der Waals surface area contributed by atoms with E-state index in [4.69, 9.17) is 11.6 Å². The maximum Gasteiger partial charge on any atom is 0.243 e. The fraction of sp³-hybridized carbons (Fsp3) is 0.455. The predicted octanol–water partition coefficient (Wildman–Crippen LogP) is 1.18. The summed E-state index contributed by atoms with van der Waals surface area (Å²) in [4.78, 5) is 0.257. The summed E-state index contributed by atoms with van der Waals surface area (Å²) in [5, 5.41) is 0. The van der Waals surface area contributed by atoms with Crippen molar-refractivity contribution in [3.05, 3.63) is 29.8 Å². The Morgan fingerprint density at radius 2 is 1.83 bits per heavy atom. The number of nitrogens with zero attached hydrogens (tertiary/aromatic N) is 1. The van der Waals surface area contributed by atoms with Crippen molar-refractivity contribution in [3.63, 3.8) is 0 Å². The lowest BCUT2D eigenvalue weighted by Gasteiger charge is -2.26. The Hall–Kier alpha value is -0.430. The first-order valence-corrected chi connectivity index (χ1v) is 9.01. The molecule has 0 atom stereocenters. The van der Waals surface area contributed by atoms with Gasteiger partial charge in [0.2, 0.25) is 10.0 Å². The molecular formula is C11H14ClNO3S2. The molecule has 1 aliphatic rings. The molecule has 1 aromatic rings. The van der Waals surface area contributed by atoms with Gasteiger partial charge in [0.25, 0.3) is 0 Å². The number of alkyl halides is 1. The lowest BCUT2D eigenvalue weighted by Crippen LogP contribution is -2.41. The van der Waals surface area contributed by atoms with Crippen LogP contribution >= 0.6 is 11.6 Å². The molecule has 0 unspecified atom stereocenters. The van der Waals surface area contributed by atoms with Crippen LogP contribution in [-0.2, 0) is 26.7 Å². The van der Waals surface area contributed by atoms with E-state index in [2.05, 4.69) is 0 Å². The van der Waals surface area contributed by atoms with E-state index in [0.29, 0.717) is 30.2 Å². The van der Waals surface area contributed by atoms with Gasteiger partial charge in [-0.05, 0) is 11.6 Å². The van der Waals surface area contributed by atoms with Crippen LogP contribution in [0, 0.1) is 0 Å². The molecule has 0 aliphatic carbocycles. The third-order valence-electron chi connectivity index (χ3n) is 2.87. The number of halogens is 1. The molecule has 18 heavy (non-hydrogen) atoms. The van der Waals surface area contributed by atoms with Crippen LogP contribution in [0.25, 0.3) is 0 Å². The molecule has 1 heterocycles. The minimum atomic E-state index is -3.51. The van der Waals surface area contributed by atoms with E-state index in [1.54, 1.807) is 24.3 Å². The van der Waals surface area contributed by atoms with Gasteiger partial charge < -0.3 is 0 Å². The van der Waals surface area contributed by atoms with Crippen LogP contribution in [0.2, 0.25) is 0 Å². The molecule has 0 amide bonds. The van der Waals surface area contributed by atoms with Crippen molar-refractivity contribution in [2.45, 2.75) is 10.8 Å². The average molecular weight is 308 g/mol. The largest absolute Gasteiger partial charge is 0.259 e. The number of hydrogen-bond acceptors (Lipinski definition) is 3. The van der Waals surface area contributed by atoms with Gasteiger partial charge in [-0.3, -0.25) is 4.21 Å². The number of sulfonamides is 1. The summed E-state index contributed by atoms with van der Waals surface area (Å²) in [6.07, 6.45) is 0. The monoisotopic (exact) mass is 307 g/mol. The first-order valence-electron chi connectivity index (χ1n) is 5.54. The highest BCUT2D eigenvalue weighted by Gasteiger charge is 2.29. The van der Waals surface area contributed by atoms with Crippen LogP contribution in [0.15, 0.2) is 29.2 Å². The molecule has 0 spiro atoms. The Bertz CT molecular complexity index is 549. The fourth-order valence-corrected chi connectivity index (χ4v) is 5.13. The minimum Gasteiger partial charge on any atom is -0.259 e. The van der Waals surface area contributed by atoms with Gasteiger partial charge in [0.05, 0.1) is 4.90 Å². The highest BCUT2D eigenvalue weighted by Crippen LogP contribution is 2.22. The van der Waals surface area contributed by atoms with Crippen LogP contribution in [0.3, 0.4) is 0 Å². The van der Waals surface area contributed by atoms with E-state index >= 15 is 0 Å². The van der Waals surface area contributed by atoms with Gasteiger partial charge in [0.1, 0.15) is 0 Å². The van der Waals surface area contributed by atoms with E-state index in [-0.39, 0.29) is 10.8 Å². The Labute approximate surface area is 114 Å². The SMILES string of the molecule is O=S1CCN(S(=O)(=O)c2ccccc2CCl)CC1. The Kier molecular flexibility index (Phi) is 4.42. The summed E-state index contributed by atoms with van der Waals surface area (Å²) >= 11 is 5.77. The molecule has 1 aromatic carbocycles. The van der Waals surface area contributed by atoms with Crippen LogP contribution in [0.5, 0.6) is 0 Å². The zero-order chi connectivity index (χ0) is 13.2. The summed E-state index contributed by atoms with van der Waals surface area (Å²) < 4.78 is 37.5. The van der Waals surface area contributed by atoms with Crippen molar-refractivity contribution in [1.82, 2.24) is 4.31 Å². The maximum atomic E-state index is 12.4. The van der Waals surface area contributed by atoms with Crippen LogP contribution in [0.4, 0.5) is 0 Å². The van der Waals surface area contributed by atoms with E-state index < -0.39 is 20.8 Å². The summed E-state index contributed by atoms with van der Waals surface area (Å²) in [5.41, 5.74) is 0.603. The highest BCUT2D eigenvalue weighted by atomic mass is 35.5. The second-order valence-electron chi connectivity index (χ2n) is 3.99. The van der Waals surface area contributed by atoms with E-state index in [9.17, 15) is 12.6 Å². The summed E-state index contributed by atoms with van der Waals surface area (Å²) in [6.45, 7) is 0.622. The van der Waals surface area contributed by atoms with Crippen molar-refractivity contribution in [2.24, 2.45) is 0 Å². The molecular weight excluding hydrogens is 294 g/mol. The number of benzene rings is 1. The standard InChI is InChI=1S/C11H14ClNO3S2/c12-9-10-3-1-2-4-11(10)18(15,16)13-5-7-17(14)8-6-13/h1-4H,5-9H2. The predicted molar refractivity (Wildman–Crippen MR) is 72.6 cm³/mol. The topological polar surface area (TPSA) is 54.5 Å². The number of rotatable bonds is 3. The Morgan fingerprint density at radius 3 is 2.44 bits per heavy atom. The molecule has 100 valence electrons. The first kappa shape index (κ1) is 14.0. The van der Waals surface area contributed by atoms with E-state index in [1.165, 1.54) is 4.31 Å². The van der Waals surface area contributed by atoms with Gasteiger partial charge in [0, 0.05) is 41.3 Å². The summed E-state index contributed by atoms with van der Waals surface area (Å²) in [7, 11) is -4.41. The third-order valence-corrected chi connectivity index (χ3v) is 6.43. The maximum absolute atomic E-state index is 12.4. The smallest absolute Gasteiger partial charge is 0.243 e. The van der Waals surface area contributed by atoms with Crippen LogP contribution in [0.1, 0.15) is 5.56 Å². The molecule has 4 nitrogen and oxygen atoms in total. The molecule has 1 aliphatic heterocycles. The number of hydrogen-bond donors (Lipinski definition) is 0. The van der Waals surface area contributed by atoms with Gasteiger partial charge in [-0.25, -0.2) is 8.42 Å². The normalized spacial score (nSPS) is 18.9. The van der Waals surface area contributed by atoms with Gasteiger partial charge in [0.15, 0.2) is 0 Å². The van der Waals surface area contributed by atoms with Gasteiger partial charge in [-0.1, -0.05) is 18.2 Å². The molecule has 0 N–H and O–H groups in total. The molecule has 7 heteroatoms. The third kappa shape index (κ3) is 2.77. The summed E-state index contributed by atoms with van der Waals surface area (Å²) in [5.74, 6) is 0.972. The second-order valence-corrected chi connectivity index (χ2v) is 7.86. The van der Waals surface area contributed by atoms with Crippen LogP contribution < -0.4 is 0 Å². The van der Waals surface area contributed by atoms with E-state index in [1.807, 2.05) is 0 Å². The van der Waals surface area contributed by atoms with Crippen molar-refractivity contribution >= 4 is 32.4 Å². The molecule has 0 aromatic heterocycles. The Morgan fingerprint density at radius 1 is 1.22 bits per heavy atom. The van der Waals surface area contributed by atoms with Gasteiger partial charge in [-0.2, -0.15) is 4.31 Å². The van der Waals surface area contributed by atoms with Gasteiger partial charge in [-0.15, -0.1) is 11.6 Å². The molecule has 1 saturated heterocycles. The zero-order valence-corrected chi connectivity index (χ0v) is 12.1. The van der Waals surface area contributed by atoms with Crippen LogP contribution in [-0.4, -0.2) is 41.5 Å². The highest BCUT2D eigenvalue weighted by molar-refractivity contribution is 7.89. The second kappa shape index (κ2) is 5.69. The summed E-state index contributed by atoms with van der Waals surface area (Å²) in [6, 6.07) is 6.73. The molecule has 1 fully saturated rings. The lowest BCUT2D eigenvalue weighted by atomic mass is 10.2. The fourth-order valence-electron chi connectivity index (χ4n) is 1.87. The van der Waals surface area contributed by atoms with E-state index in [0.717, 1.165) is 0 Å². The average Bonchev–Trinajstić information content (AvgIpc) is 2.39. The van der Waals surface area contributed by atoms with Crippen molar-refractivity contribution in [2.75, 3.05) is 24.6 Å². The molecule has 0 radical (unpaired) electrons. The molecule has 0 saturated carbocycles. The van der Waals surface area contributed by atoms with Crippen molar-refractivity contribution in [3.8, 4) is 0 Å². The first-order chi connectivity index (χ1) is 8.55. The zero-order valence-electron chi connectivity index (χ0n) is 9.71. The van der Waals surface area contributed by atoms with Crippen molar-refractivity contribution < 1.29 is 12.6 Å². The Balaban J connectivity index is 2.33. The van der Waals surface area contributed by atoms with Gasteiger partial charge >= 0.3 is 0 Å². The lowest BCUT2D eigenvalue weighted by molar-refractivity contribution is 0.438. The molecule has 0 bridgehead atoms. The molecule has 2 rings (SSSR count). The minimum absolute atomic E-state index is 0.162. The van der Waals surface area contributed by atoms with Crippen molar-refractivity contribution in [1.29, 1.82) is 0 Å². The quantitative estimate of drug-likeness (QED) is 0.788.